The van der Waals surface area contributed by atoms with Gasteiger partial charge in [0.1, 0.15) is 0 Å². The minimum Gasteiger partial charge on any atom is -0.394 e. The SMILES string of the molecule is O=C(CSCc1ccccc1)N1CCCCC1CO. The highest BCUT2D eigenvalue weighted by Gasteiger charge is 2.25. The molecule has 1 unspecified atom stereocenters. The van der Waals surface area contributed by atoms with E-state index in [1.54, 1.807) is 11.8 Å². The van der Waals surface area contributed by atoms with Crippen molar-refractivity contribution in [3.63, 3.8) is 0 Å². The van der Waals surface area contributed by atoms with Gasteiger partial charge in [-0.1, -0.05) is 30.3 Å². The van der Waals surface area contributed by atoms with Crippen molar-refractivity contribution >= 4 is 17.7 Å². The van der Waals surface area contributed by atoms with Gasteiger partial charge in [-0.05, 0) is 24.8 Å². The summed E-state index contributed by atoms with van der Waals surface area (Å²) in [5.74, 6) is 1.54. The molecule has 1 N–H and O–H groups in total. The van der Waals surface area contributed by atoms with E-state index >= 15 is 0 Å². The average molecular weight is 279 g/mol. The van der Waals surface area contributed by atoms with Crippen LogP contribution in [0.15, 0.2) is 30.3 Å². The molecule has 1 atom stereocenters. The zero-order valence-electron chi connectivity index (χ0n) is 11.1. The predicted octanol–water partition coefficient (Wildman–Crippen LogP) is 2.29. The smallest absolute Gasteiger partial charge is 0.232 e. The molecule has 0 aliphatic carbocycles. The standard InChI is InChI=1S/C15H21NO2S/c17-10-14-8-4-5-9-16(14)15(18)12-19-11-13-6-2-1-3-7-13/h1-3,6-7,14,17H,4-5,8-12H2. The van der Waals surface area contributed by atoms with Gasteiger partial charge in [0, 0.05) is 12.3 Å². The van der Waals surface area contributed by atoms with Crippen LogP contribution >= 0.6 is 11.8 Å². The van der Waals surface area contributed by atoms with Crippen molar-refractivity contribution in [1.82, 2.24) is 4.90 Å². The summed E-state index contributed by atoms with van der Waals surface area (Å²) in [5.41, 5.74) is 1.25. The van der Waals surface area contributed by atoms with Gasteiger partial charge in [-0.25, -0.2) is 0 Å². The van der Waals surface area contributed by atoms with E-state index in [4.69, 9.17) is 0 Å². The molecular formula is C15H21NO2S. The molecule has 0 spiro atoms. The summed E-state index contributed by atoms with van der Waals surface area (Å²) in [5, 5.41) is 9.31. The van der Waals surface area contributed by atoms with Gasteiger partial charge in [-0.3, -0.25) is 4.79 Å². The first-order valence-corrected chi connectivity index (χ1v) is 7.98. The number of carbonyl (C=O) groups excluding carboxylic acids is 1. The van der Waals surface area contributed by atoms with Gasteiger partial charge >= 0.3 is 0 Å². The molecule has 1 aliphatic heterocycles. The van der Waals surface area contributed by atoms with Crippen LogP contribution in [0, 0.1) is 0 Å². The van der Waals surface area contributed by atoms with E-state index in [2.05, 4.69) is 12.1 Å². The van der Waals surface area contributed by atoms with E-state index in [-0.39, 0.29) is 18.6 Å². The first-order valence-electron chi connectivity index (χ1n) is 6.83. The van der Waals surface area contributed by atoms with Crippen molar-refractivity contribution < 1.29 is 9.90 Å². The maximum Gasteiger partial charge on any atom is 0.232 e. The average Bonchev–Trinajstić information content (AvgIpc) is 2.48. The highest BCUT2D eigenvalue weighted by Crippen LogP contribution is 2.19. The van der Waals surface area contributed by atoms with Crippen LogP contribution in [0.2, 0.25) is 0 Å². The number of carbonyl (C=O) groups is 1. The van der Waals surface area contributed by atoms with Gasteiger partial charge in [0.2, 0.25) is 5.91 Å². The van der Waals surface area contributed by atoms with E-state index in [0.29, 0.717) is 5.75 Å². The monoisotopic (exact) mass is 279 g/mol. The van der Waals surface area contributed by atoms with E-state index in [1.165, 1.54) is 5.56 Å². The molecule has 1 heterocycles. The van der Waals surface area contributed by atoms with Gasteiger partial charge in [0.25, 0.3) is 0 Å². The van der Waals surface area contributed by atoms with Crippen LogP contribution in [0.1, 0.15) is 24.8 Å². The third-order valence-corrected chi connectivity index (χ3v) is 4.48. The fraction of sp³-hybridized carbons (Fsp3) is 0.533. The topological polar surface area (TPSA) is 40.5 Å². The molecule has 0 radical (unpaired) electrons. The Hall–Kier alpha value is -1.00. The van der Waals surface area contributed by atoms with Crippen LogP contribution in [-0.4, -0.2) is 40.9 Å². The lowest BCUT2D eigenvalue weighted by molar-refractivity contribution is -0.132. The lowest BCUT2D eigenvalue weighted by Crippen LogP contribution is -2.46. The highest BCUT2D eigenvalue weighted by atomic mass is 32.2. The second-order valence-electron chi connectivity index (χ2n) is 4.90. The fourth-order valence-corrected chi connectivity index (χ4v) is 3.30. The molecule has 1 aromatic carbocycles. The van der Waals surface area contributed by atoms with Crippen molar-refractivity contribution in [2.75, 3.05) is 18.9 Å². The number of nitrogens with zero attached hydrogens (tertiary/aromatic N) is 1. The third kappa shape index (κ3) is 4.25. The van der Waals surface area contributed by atoms with Crippen LogP contribution in [0.3, 0.4) is 0 Å². The second kappa shape index (κ2) is 7.56. The molecule has 1 aliphatic rings. The lowest BCUT2D eigenvalue weighted by atomic mass is 10.0. The Bertz CT molecular complexity index is 396. The number of hydrogen-bond acceptors (Lipinski definition) is 3. The van der Waals surface area contributed by atoms with Crippen LogP contribution in [0.25, 0.3) is 0 Å². The molecule has 0 saturated carbocycles. The van der Waals surface area contributed by atoms with E-state index in [0.717, 1.165) is 31.6 Å². The molecule has 4 heteroatoms. The summed E-state index contributed by atoms with van der Waals surface area (Å²) in [6.07, 6.45) is 3.11. The molecule has 1 fully saturated rings. The Labute approximate surface area is 119 Å². The number of aliphatic hydroxyl groups is 1. The quantitative estimate of drug-likeness (QED) is 0.899. The number of amides is 1. The number of piperidine rings is 1. The summed E-state index contributed by atoms with van der Waals surface area (Å²) >= 11 is 1.65. The maximum atomic E-state index is 12.2. The number of thioether (sulfide) groups is 1. The normalized spacial score (nSPS) is 19.4. The molecule has 3 nitrogen and oxygen atoms in total. The van der Waals surface area contributed by atoms with Crippen LogP contribution in [-0.2, 0) is 10.5 Å². The minimum atomic E-state index is 0.0403. The Balaban J connectivity index is 1.77. The Morgan fingerprint density at radius 3 is 2.84 bits per heavy atom. The zero-order valence-corrected chi connectivity index (χ0v) is 11.9. The molecule has 104 valence electrons. The van der Waals surface area contributed by atoms with Gasteiger partial charge < -0.3 is 10.0 Å². The second-order valence-corrected chi connectivity index (χ2v) is 5.88. The molecular weight excluding hydrogens is 258 g/mol. The summed E-state index contributed by atoms with van der Waals surface area (Å²) in [6, 6.07) is 10.2. The molecule has 0 aromatic heterocycles. The predicted molar refractivity (Wildman–Crippen MR) is 79.0 cm³/mol. The minimum absolute atomic E-state index is 0.0403. The van der Waals surface area contributed by atoms with E-state index < -0.39 is 0 Å². The molecule has 1 saturated heterocycles. The summed E-state index contributed by atoms with van der Waals surface area (Å²) in [7, 11) is 0. The maximum absolute atomic E-state index is 12.2. The first-order chi connectivity index (χ1) is 9.31. The molecule has 1 aromatic rings. The van der Waals surface area contributed by atoms with Gasteiger partial charge in [0.05, 0.1) is 18.4 Å². The number of rotatable bonds is 5. The van der Waals surface area contributed by atoms with Crippen molar-refractivity contribution in [3.05, 3.63) is 35.9 Å². The van der Waals surface area contributed by atoms with Crippen LogP contribution < -0.4 is 0 Å². The first kappa shape index (κ1) is 14.4. The van der Waals surface area contributed by atoms with E-state index in [1.807, 2.05) is 23.1 Å². The summed E-state index contributed by atoms with van der Waals surface area (Å²) in [4.78, 5) is 14.0. The van der Waals surface area contributed by atoms with Gasteiger partial charge in [0.15, 0.2) is 0 Å². The van der Waals surface area contributed by atoms with E-state index in [9.17, 15) is 9.90 Å². The van der Waals surface area contributed by atoms with Crippen LogP contribution in [0.5, 0.6) is 0 Å². The van der Waals surface area contributed by atoms with Gasteiger partial charge in [-0.15, -0.1) is 11.8 Å². The number of hydrogen-bond donors (Lipinski definition) is 1. The Morgan fingerprint density at radius 2 is 2.11 bits per heavy atom. The molecule has 1 amide bonds. The van der Waals surface area contributed by atoms with Gasteiger partial charge in [-0.2, -0.15) is 0 Å². The third-order valence-electron chi connectivity index (χ3n) is 3.50. The Morgan fingerprint density at radius 1 is 1.32 bits per heavy atom. The Kier molecular flexibility index (Phi) is 5.73. The molecule has 0 bridgehead atoms. The largest absolute Gasteiger partial charge is 0.394 e. The van der Waals surface area contributed by atoms with Crippen molar-refractivity contribution in [2.24, 2.45) is 0 Å². The number of likely N-dealkylation sites (tertiary alicyclic amines) is 1. The van der Waals surface area contributed by atoms with Crippen molar-refractivity contribution in [2.45, 2.75) is 31.1 Å². The summed E-state index contributed by atoms with van der Waals surface area (Å²) < 4.78 is 0. The number of benzene rings is 1. The van der Waals surface area contributed by atoms with Crippen LogP contribution in [0.4, 0.5) is 0 Å². The summed E-state index contributed by atoms with van der Waals surface area (Å²) in [6.45, 7) is 0.894. The van der Waals surface area contributed by atoms with Crippen molar-refractivity contribution in [1.29, 1.82) is 0 Å². The highest BCUT2D eigenvalue weighted by molar-refractivity contribution is 7.99. The zero-order chi connectivity index (χ0) is 13.5. The number of aliphatic hydroxyl groups excluding tert-OH is 1. The van der Waals surface area contributed by atoms with Crippen molar-refractivity contribution in [3.8, 4) is 0 Å². The fourth-order valence-electron chi connectivity index (χ4n) is 2.43. The molecule has 2 rings (SSSR count). The molecule has 19 heavy (non-hydrogen) atoms. The lowest BCUT2D eigenvalue weighted by Gasteiger charge is -2.34.